The van der Waals surface area contributed by atoms with Gasteiger partial charge in [-0.2, -0.15) is 0 Å². The largest absolute Gasteiger partial charge is 0.291 e. The molecular weight excluding hydrogens is 210 g/mol. The van der Waals surface area contributed by atoms with Crippen LogP contribution in [-0.2, 0) is 9.59 Å². The Balaban J connectivity index is 4.82. The lowest BCUT2D eigenvalue weighted by molar-refractivity contribution is -0.134. The Bertz CT molecular complexity index is 224. The van der Waals surface area contributed by atoms with Crippen LogP contribution in [-0.4, -0.2) is 21.0 Å². The summed E-state index contributed by atoms with van der Waals surface area (Å²) in [6, 6.07) is 0. The molecule has 0 saturated heterocycles. The highest BCUT2D eigenvalue weighted by atomic mass is 32.1. The van der Waals surface area contributed by atoms with Crippen LogP contribution < -0.4 is 11.3 Å². The van der Waals surface area contributed by atoms with Crippen LogP contribution in [0.4, 0.5) is 0 Å². The highest BCUT2D eigenvalue weighted by molar-refractivity contribution is 7.85. The molecule has 0 aliphatic carbocycles. The van der Waals surface area contributed by atoms with Crippen molar-refractivity contribution < 1.29 is 9.59 Å². The summed E-state index contributed by atoms with van der Waals surface area (Å²) in [6.45, 7) is 2.99. The van der Waals surface area contributed by atoms with Crippen molar-refractivity contribution in [1.29, 1.82) is 0 Å². The molecule has 13 heavy (non-hydrogen) atoms. The summed E-state index contributed by atoms with van der Waals surface area (Å²) in [5.74, 6) is 4.01. The van der Waals surface area contributed by atoms with Gasteiger partial charge in [0.25, 0.3) is 5.91 Å². The second kappa shape index (κ2) is 4.73. The van der Waals surface area contributed by atoms with E-state index in [1.165, 1.54) is 6.92 Å². The molecule has 1 unspecified atom stereocenters. The topological polar surface area (TPSA) is 75.4 Å². The molecule has 0 saturated carbocycles. The molecule has 0 heterocycles. The molecule has 0 fully saturated rings. The van der Waals surface area contributed by atoms with E-state index >= 15 is 0 Å². The SMILES string of the molecule is CCC(S)(C(=O)NN)N(S)C(C)=O. The summed E-state index contributed by atoms with van der Waals surface area (Å²) < 4.78 is 0.943. The molecule has 0 aliphatic rings. The van der Waals surface area contributed by atoms with Crippen molar-refractivity contribution in [3.8, 4) is 0 Å². The Kier molecular flexibility index (Phi) is 4.58. The minimum absolute atomic E-state index is 0.308. The van der Waals surface area contributed by atoms with Crippen molar-refractivity contribution in [3.05, 3.63) is 0 Å². The van der Waals surface area contributed by atoms with E-state index in [-0.39, 0.29) is 5.91 Å². The van der Waals surface area contributed by atoms with Crippen molar-refractivity contribution in [1.82, 2.24) is 9.73 Å². The van der Waals surface area contributed by atoms with Crippen LogP contribution in [0.5, 0.6) is 0 Å². The highest BCUT2D eigenvalue weighted by Crippen LogP contribution is 2.26. The normalized spacial score (nSPS) is 14.5. The number of thiol groups is 2. The Labute approximate surface area is 88.0 Å². The van der Waals surface area contributed by atoms with Crippen LogP contribution in [0, 0.1) is 0 Å². The lowest BCUT2D eigenvalue weighted by Crippen LogP contribution is -2.54. The van der Waals surface area contributed by atoms with Gasteiger partial charge in [-0.25, -0.2) is 5.84 Å². The van der Waals surface area contributed by atoms with Crippen LogP contribution in [0.1, 0.15) is 20.3 Å². The first-order valence-electron chi connectivity index (χ1n) is 3.63. The number of amides is 2. The average molecular weight is 223 g/mol. The van der Waals surface area contributed by atoms with Gasteiger partial charge < -0.3 is 0 Å². The quantitative estimate of drug-likeness (QED) is 0.174. The standard InChI is InChI=1S/C6H13N3O2S2/c1-3-6(12,5(11)8-7)9(13)4(2)10/h12-13H,3,7H2,1-2H3,(H,8,11). The van der Waals surface area contributed by atoms with E-state index < -0.39 is 10.8 Å². The molecule has 1 atom stereocenters. The first kappa shape index (κ1) is 12.6. The molecule has 7 heteroatoms. The van der Waals surface area contributed by atoms with Gasteiger partial charge in [0, 0.05) is 6.92 Å². The molecule has 0 aromatic rings. The summed E-state index contributed by atoms with van der Waals surface area (Å²) >= 11 is 7.93. The molecule has 0 bridgehead atoms. The number of nitrogens with two attached hydrogens (primary N) is 1. The third-order valence-corrected chi connectivity index (χ3v) is 3.14. The second-order valence-electron chi connectivity index (χ2n) is 2.47. The maximum atomic E-state index is 11.3. The molecule has 0 aromatic carbocycles. The second-order valence-corrected chi connectivity index (χ2v) is 3.61. The van der Waals surface area contributed by atoms with Crippen LogP contribution >= 0.6 is 25.4 Å². The van der Waals surface area contributed by atoms with E-state index in [0.29, 0.717) is 6.42 Å². The Morgan fingerprint density at radius 1 is 1.62 bits per heavy atom. The molecule has 0 rings (SSSR count). The van der Waals surface area contributed by atoms with Gasteiger partial charge in [-0.05, 0) is 6.42 Å². The molecule has 76 valence electrons. The number of carbonyl (C=O) groups is 2. The van der Waals surface area contributed by atoms with E-state index in [4.69, 9.17) is 5.84 Å². The summed E-state index contributed by atoms with van der Waals surface area (Å²) in [4.78, 5) is 20.9. The smallest absolute Gasteiger partial charge is 0.271 e. The maximum Gasteiger partial charge on any atom is 0.271 e. The molecular formula is C6H13N3O2S2. The van der Waals surface area contributed by atoms with Gasteiger partial charge in [0.1, 0.15) is 0 Å². The first-order valence-corrected chi connectivity index (χ1v) is 4.48. The molecule has 0 aliphatic heterocycles. The predicted octanol–water partition coefficient (Wildman–Crippen LogP) is -0.294. The number of hydrazine groups is 1. The molecule has 2 amide bonds. The van der Waals surface area contributed by atoms with Crippen LogP contribution in [0.3, 0.4) is 0 Å². The average Bonchev–Trinajstić information content (AvgIpc) is 2.13. The fourth-order valence-corrected chi connectivity index (χ4v) is 1.22. The van der Waals surface area contributed by atoms with E-state index in [1.807, 2.05) is 5.43 Å². The lowest BCUT2D eigenvalue weighted by atomic mass is 10.2. The van der Waals surface area contributed by atoms with E-state index in [0.717, 1.165) is 4.31 Å². The number of nitrogens with one attached hydrogen (secondary N) is 1. The van der Waals surface area contributed by atoms with E-state index in [2.05, 4.69) is 25.4 Å². The third kappa shape index (κ3) is 2.52. The minimum atomic E-state index is -1.30. The maximum absolute atomic E-state index is 11.3. The van der Waals surface area contributed by atoms with Crippen molar-refractivity contribution in [2.45, 2.75) is 25.1 Å². The van der Waals surface area contributed by atoms with Crippen LogP contribution in [0.15, 0.2) is 0 Å². The van der Waals surface area contributed by atoms with Crippen molar-refractivity contribution in [3.63, 3.8) is 0 Å². The first-order chi connectivity index (χ1) is 5.90. The zero-order chi connectivity index (χ0) is 10.6. The number of carbonyl (C=O) groups excluding carboxylic acids is 2. The van der Waals surface area contributed by atoms with Crippen LogP contribution in [0.25, 0.3) is 0 Å². The predicted molar refractivity (Wildman–Crippen MR) is 55.8 cm³/mol. The summed E-state index contributed by atoms with van der Waals surface area (Å²) in [5, 5.41) is 0. The summed E-state index contributed by atoms with van der Waals surface area (Å²) in [6.07, 6.45) is 0.308. The van der Waals surface area contributed by atoms with Gasteiger partial charge in [0.15, 0.2) is 4.87 Å². The van der Waals surface area contributed by atoms with Gasteiger partial charge in [-0.15, -0.1) is 12.6 Å². The van der Waals surface area contributed by atoms with Gasteiger partial charge in [0.2, 0.25) is 5.91 Å². The van der Waals surface area contributed by atoms with Gasteiger partial charge in [-0.1, -0.05) is 19.7 Å². The number of hydrogen-bond acceptors (Lipinski definition) is 5. The van der Waals surface area contributed by atoms with Crippen molar-refractivity contribution in [2.24, 2.45) is 5.84 Å². The monoisotopic (exact) mass is 223 g/mol. The number of hydrogen-bond donors (Lipinski definition) is 4. The fraction of sp³-hybridized carbons (Fsp3) is 0.667. The van der Waals surface area contributed by atoms with E-state index in [1.54, 1.807) is 6.92 Å². The molecule has 0 spiro atoms. The minimum Gasteiger partial charge on any atom is -0.291 e. The molecule has 3 N–H and O–H groups in total. The van der Waals surface area contributed by atoms with Crippen LogP contribution in [0.2, 0.25) is 0 Å². The van der Waals surface area contributed by atoms with Crippen molar-refractivity contribution >= 4 is 37.3 Å². The zero-order valence-electron chi connectivity index (χ0n) is 7.44. The third-order valence-electron chi connectivity index (χ3n) is 1.64. The Morgan fingerprint density at radius 2 is 2.08 bits per heavy atom. The van der Waals surface area contributed by atoms with E-state index in [9.17, 15) is 9.59 Å². The lowest BCUT2D eigenvalue weighted by Gasteiger charge is -2.32. The summed E-state index contributed by atoms with van der Waals surface area (Å²) in [7, 11) is 0. The van der Waals surface area contributed by atoms with Gasteiger partial charge in [0.05, 0.1) is 0 Å². The van der Waals surface area contributed by atoms with Gasteiger partial charge in [-0.3, -0.25) is 19.3 Å². The highest BCUT2D eigenvalue weighted by Gasteiger charge is 2.39. The number of rotatable bonds is 3. The Morgan fingerprint density at radius 3 is 2.31 bits per heavy atom. The van der Waals surface area contributed by atoms with Gasteiger partial charge >= 0.3 is 0 Å². The Hall–Kier alpha value is -0.400. The summed E-state index contributed by atoms with van der Waals surface area (Å²) in [5.41, 5.74) is 1.93. The zero-order valence-corrected chi connectivity index (χ0v) is 9.23. The molecule has 0 radical (unpaired) electrons. The van der Waals surface area contributed by atoms with Crippen molar-refractivity contribution in [2.75, 3.05) is 0 Å². The molecule has 0 aromatic heterocycles. The fourth-order valence-electron chi connectivity index (χ4n) is 0.783. The molecule has 5 nitrogen and oxygen atoms in total. The number of nitrogens with zero attached hydrogens (tertiary/aromatic N) is 1.